The summed E-state index contributed by atoms with van der Waals surface area (Å²) in [4.78, 5) is 39.6. The average molecular weight is 510 g/mol. The lowest BCUT2D eigenvalue weighted by Gasteiger charge is -2.42. The summed E-state index contributed by atoms with van der Waals surface area (Å²) in [6.07, 6.45) is 4.64. The number of hydrogen-bond acceptors (Lipinski definition) is 5. The molecule has 0 spiro atoms. The Morgan fingerprint density at radius 2 is 1.62 bits per heavy atom. The Hall–Kier alpha value is -3.19. The first kappa shape index (κ1) is 28.4. The Bertz CT molecular complexity index is 1070. The van der Waals surface area contributed by atoms with Crippen molar-refractivity contribution in [2.45, 2.75) is 72.4 Å². The summed E-state index contributed by atoms with van der Waals surface area (Å²) in [6.45, 7) is 9.63. The van der Waals surface area contributed by atoms with Gasteiger partial charge in [-0.2, -0.15) is 0 Å². The van der Waals surface area contributed by atoms with Crippen molar-refractivity contribution in [1.82, 2.24) is 0 Å². The number of nitrogens with one attached hydrogen (secondary N) is 1. The fraction of sp³-hybridized carbons (Fsp3) is 0.500. The number of ether oxygens (including phenoxy) is 2. The van der Waals surface area contributed by atoms with Gasteiger partial charge in [-0.05, 0) is 69.2 Å². The number of benzene rings is 2. The van der Waals surface area contributed by atoms with Crippen LogP contribution in [0.5, 0.6) is 0 Å². The van der Waals surface area contributed by atoms with Crippen LogP contribution < -0.4 is 5.32 Å². The molecule has 1 N–H and O–H groups in total. The van der Waals surface area contributed by atoms with Gasteiger partial charge in [0.05, 0.1) is 30.9 Å². The Morgan fingerprint density at radius 3 is 2.24 bits per heavy atom. The minimum atomic E-state index is -0.458. The van der Waals surface area contributed by atoms with E-state index in [0.717, 1.165) is 55.5 Å². The van der Waals surface area contributed by atoms with Crippen LogP contribution in [-0.2, 0) is 25.7 Å². The highest BCUT2D eigenvalue weighted by Crippen LogP contribution is 2.28. The maximum Gasteiger partial charge on any atom is 0.362 e. The summed E-state index contributed by atoms with van der Waals surface area (Å²) in [5.41, 5.74) is 3.49. The van der Waals surface area contributed by atoms with Crippen LogP contribution >= 0.6 is 0 Å². The fourth-order valence-corrected chi connectivity index (χ4v) is 5.47. The summed E-state index contributed by atoms with van der Waals surface area (Å²) in [7, 11) is 0. The van der Waals surface area contributed by atoms with Crippen molar-refractivity contribution in [3.63, 3.8) is 0 Å². The first-order valence-electron chi connectivity index (χ1n) is 13.4. The van der Waals surface area contributed by atoms with Crippen molar-refractivity contribution in [3.8, 4) is 0 Å². The zero-order valence-electron chi connectivity index (χ0n) is 22.7. The standard InChI is InChI=1S/C30H40N2O5/c1-5-26(29(34)31-28-23(4)18-22(3)19-25(28)30(35)36-6-2)32(16-12-7-8-13-17-32)20-27(33)37-21-24-14-10-9-11-15-24/h9-11,14-15,18-19,26H,5-8,12-13,16-17,20-21H2,1-4H3/p+1. The monoisotopic (exact) mass is 509 g/mol. The summed E-state index contributed by atoms with van der Waals surface area (Å²) >= 11 is 0. The number of nitrogens with zero attached hydrogens (tertiary/aromatic N) is 1. The first-order valence-corrected chi connectivity index (χ1v) is 13.4. The van der Waals surface area contributed by atoms with Gasteiger partial charge in [-0.3, -0.25) is 4.79 Å². The molecule has 1 aliphatic heterocycles. The molecule has 2 aromatic rings. The largest absolute Gasteiger partial charge is 0.462 e. The lowest BCUT2D eigenvalue weighted by atomic mass is 10.0. The first-order chi connectivity index (χ1) is 17.8. The van der Waals surface area contributed by atoms with Gasteiger partial charge in [0.25, 0.3) is 5.91 Å². The summed E-state index contributed by atoms with van der Waals surface area (Å²) in [6, 6.07) is 12.9. The van der Waals surface area contributed by atoms with Crippen LogP contribution in [0.3, 0.4) is 0 Å². The molecule has 3 rings (SSSR count). The van der Waals surface area contributed by atoms with E-state index in [9.17, 15) is 14.4 Å². The lowest BCUT2D eigenvalue weighted by Crippen LogP contribution is -2.62. The van der Waals surface area contributed by atoms with Gasteiger partial charge < -0.3 is 19.3 Å². The number of carbonyl (C=O) groups excluding carboxylic acids is 3. The minimum Gasteiger partial charge on any atom is -0.462 e. The smallest absolute Gasteiger partial charge is 0.362 e. The van der Waals surface area contributed by atoms with Crippen LogP contribution in [0.2, 0.25) is 0 Å². The zero-order chi connectivity index (χ0) is 26.8. The van der Waals surface area contributed by atoms with Crippen molar-refractivity contribution < 1.29 is 28.3 Å². The van der Waals surface area contributed by atoms with Gasteiger partial charge in [-0.1, -0.05) is 43.3 Å². The van der Waals surface area contributed by atoms with E-state index in [1.807, 2.05) is 57.2 Å². The second-order valence-corrected chi connectivity index (χ2v) is 10.0. The second kappa shape index (κ2) is 13.4. The number of aryl methyl sites for hydroxylation is 2. The number of hydrogen-bond donors (Lipinski definition) is 1. The molecule has 0 saturated carbocycles. The molecule has 0 aliphatic carbocycles. The third kappa shape index (κ3) is 7.41. The van der Waals surface area contributed by atoms with Gasteiger partial charge in [0.15, 0.2) is 12.6 Å². The number of carbonyl (C=O) groups is 3. The van der Waals surface area contributed by atoms with Crippen LogP contribution in [0.15, 0.2) is 42.5 Å². The third-order valence-electron chi connectivity index (χ3n) is 7.22. The fourth-order valence-electron chi connectivity index (χ4n) is 5.47. The van der Waals surface area contributed by atoms with Crippen molar-refractivity contribution in [2.75, 3.05) is 31.6 Å². The Kier molecular flexibility index (Phi) is 10.3. The van der Waals surface area contributed by atoms with Crippen LogP contribution in [0.4, 0.5) is 5.69 Å². The van der Waals surface area contributed by atoms with E-state index < -0.39 is 12.0 Å². The SMILES string of the molecule is CCOC(=O)c1cc(C)cc(C)c1NC(=O)C(CC)[N+]1(CC(=O)OCc2ccccc2)CCCCCC1. The van der Waals surface area contributed by atoms with E-state index in [1.165, 1.54) is 0 Å². The molecular formula is C30H41N2O5+. The number of esters is 2. The molecule has 1 aliphatic rings. The Labute approximate surface area is 220 Å². The van der Waals surface area contributed by atoms with Gasteiger partial charge >= 0.3 is 11.9 Å². The van der Waals surface area contributed by atoms with Crippen LogP contribution in [-0.4, -0.2) is 54.6 Å². The molecule has 1 amide bonds. The van der Waals surface area contributed by atoms with E-state index in [4.69, 9.17) is 9.47 Å². The molecule has 2 aromatic carbocycles. The molecule has 7 heteroatoms. The normalized spacial score (nSPS) is 15.8. The van der Waals surface area contributed by atoms with Crippen molar-refractivity contribution >= 4 is 23.5 Å². The molecule has 1 atom stereocenters. The summed E-state index contributed by atoms with van der Waals surface area (Å²) < 4.78 is 11.3. The third-order valence-corrected chi connectivity index (χ3v) is 7.22. The van der Waals surface area contributed by atoms with Crippen molar-refractivity contribution in [1.29, 1.82) is 0 Å². The molecule has 7 nitrogen and oxygen atoms in total. The molecule has 1 heterocycles. The van der Waals surface area contributed by atoms with Gasteiger partial charge in [-0.25, -0.2) is 9.59 Å². The van der Waals surface area contributed by atoms with E-state index in [-0.39, 0.29) is 31.6 Å². The molecule has 0 bridgehead atoms. The van der Waals surface area contributed by atoms with Gasteiger partial charge in [0, 0.05) is 6.42 Å². The summed E-state index contributed by atoms with van der Waals surface area (Å²) in [5, 5.41) is 3.06. The topological polar surface area (TPSA) is 81.7 Å². The molecule has 37 heavy (non-hydrogen) atoms. The van der Waals surface area contributed by atoms with E-state index in [2.05, 4.69) is 5.32 Å². The highest BCUT2D eigenvalue weighted by Gasteiger charge is 2.43. The molecule has 1 unspecified atom stereocenters. The maximum absolute atomic E-state index is 13.9. The van der Waals surface area contributed by atoms with Crippen LogP contribution in [0, 0.1) is 13.8 Å². The highest BCUT2D eigenvalue weighted by molar-refractivity contribution is 6.03. The quantitative estimate of drug-likeness (QED) is 0.346. The molecule has 0 aromatic heterocycles. The summed E-state index contributed by atoms with van der Waals surface area (Å²) in [5.74, 6) is -0.936. The molecule has 200 valence electrons. The van der Waals surface area contributed by atoms with E-state index in [0.29, 0.717) is 22.2 Å². The molecule has 0 radical (unpaired) electrons. The maximum atomic E-state index is 13.9. The molecule has 1 saturated heterocycles. The highest BCUT2D eigenvalue weighted by atomic mass is 16.5. The van der Waals surface area contributed by atoms with E-state index >= 15 is 0 Å². The molecule has 1 fully saturated rings. The number of quaternary nitrogens is 1. The number of likely N-dealkylation sites (tertiary alicyclic amines) is 1. The van der Waals surface area contributed by atoms with Crippen molar-refractivity contribution in [3.05, 3.63) is 64.7 Å². The van der Waals surface area contributed by atoms with Crippen molar-refractivity contribution in [2.24, 2.45) is 0 Å². The van der Waals surface area contributed by atoms with Crippen LogP contribution in [0.1, 0.15) is 73.0 Å². The number of amides is 1. The Morgan fingerprint density at radius 1 is 0.946 bits per heavy atom. The predicted octanol–water partition coefficient (Wildman–Crippen LogP) is 5.33. The van der Waals surface area contributed by atoms with Gasteiger partial charge in [0.1, 0.15) is 6.61 Å². The van der Waals surface area contributed by atoms with Gasteiger partial charge in [0.2, 0.25) is 0 Å². The number of anilines is 1. The minimum absolute atomic E-state index is 0.149. The zero-order valence-corrected chi connectivity index (χ0v) is 22.7. The van der Waals surface area contributed by atoms with Crippen LogP contribution in [0.25, 0.3) is 0 Å². The molecular weight excluding hydrogens is 468 g/mol. The van der Waals surface area contributed by atoms with E-state index in [1.54, 1.807) is 13.0 Å². The average Bonchev–Trinajstić information content (AvgIpc) is 3.11. The second-order valence-electron chi connectivity index (χ2n) is 10.0. The number of rotatable bonds is 10. The Balaban J connectivity index is 1.85. The van der Waals surface area contributed by atoms with Gasteiger partial charge in [-0.15, -0.1) is 0 Å². The lowest BCUT2D eigenvalue weighted by molar-refractivity contribution is -0.935. The predicted molar refractivity (Wildman–Crippen MR) is 144 cm³/mol.